The minimum absolute atomic E-state index is 0.0284. The van der Waals surface area contributed by atoms with Crippen molar-refractivity contribution in [3.63, 3.8) is 0 Å². The van der Waals surface area contributed by atoms with Gasteiger partial charge in [-0.2, -0.15) is 0 Å². The Balaban J connectivity index is 1.52. The topological polar surface area (TPSA) is 61.4 Å². The van der Waals surface area contributed by atoms with Gasteiger partial charge in [-0.05, 0) is 68.1 Å². The highest BCUT2D eigenvalue weighted by atomic mass is 35.5. The third kappa shape index (κ3) is 4.53. The summed E-state index contributed by atoms with van der Waals surface area (Å²) in [5.74, 6) is -0.773. The average Bonchev–Trinajstić information content (AvgIpc) is 3.26. The van der Waals surface area contributed by atoms with Gasteiger partial charge < -0.3 is 15.5 Å². The molecular formula is C22H25ClFN3O2S. The highest BCUT2D eigenvalue weighted by molar-refractivity contribution is 7.18. The van der Waals surface area contributed by atoms with Crippen molar-refractivity contribution >= 4 is 40.4 Å². The number of benzene rings is 1. The molecule has 2 aromatic rings. The highest BCUT2D eigenvalue weighted by Crippen LogP contribution is 2.34. The standard InChI is InChI=1S/C22H25ClFN3O2S/c1-27-10-7-14-2-3-17(12-15(14)8-11-27)25-21(29)22(9-6-16(24)13-22)26-20(28)18-4-5-19(23)30-18/h2-5,12,16H,6-11,13H2,1H3,(H,25,29)(H,26,28). The molecule has 0 radical (unpaired) electrons. The van der Waals surface area contributed by atoms with Crippen LogP contribution >= 0.6 is 22.9 Å². The molecule has 1 fully saturated rings. The quantitative estimate of drug-likeness (QED) is 0.739. The van der Waals surface area contributed by atoms with E-state index in [2.05, 4.69) is 28.6 Å². The molecule has 30 heavy (non-hydrogen) atoms. The first kappa shape index (κ1) is 21.3. The number of likely N-dealkylation sites (N-methyl/N-ethyl adjacent to an activating group) is 1. The average molecular weight is 450 g/mol. The maximum absolute atomic E-state index is 14.1. The van der Waals surface area contributed by atoms with Crippen LogP contribution in [0.1, 0.15) is 40.1 Å². The molecule has 160 valence electrons. The number of alkyl halides is 1. The fraction of sp³-hybridized carbons (Fsp3) is 0.455. The van der Waals surface area contributed by atoms with E-state index in [4.69, 9.17) is 11.6 Å². The van der Waals surface area contributed by atoms with Crippen LogP contribution in [0.3, 0.4) is 0 Å². The largest absolute Gasteiger partial charge is 0.337 e. The second kappa shape index (κ2) is 8.65. The van der Waals surface area contributed by atoms with Crippen molar-refractivity contribution in [2.45, 2.75) is 43.8 Å². The zero-order chi connectivity index (χ0) is 21.3. The van der Waals surface area contributed by atoms with E-state index in [1.807, 2.05) is 12.1 Å². The minimum Gasteiger partial charge on any atom is -0.337 e. The SMILES string of the molecule is CN1CCc2ccc(NC(=O)C3(NC(=O)c4ccc(Cl)s4)CCC(F)C3)cc2CC1. The molecule has 1 aromatic carbocycles. The number of nitrogens with zero attached hydrogens (tertiary/aromatic N) is 1. The van der Waals surface area contributed by atoms with Gasteiger partial charge in [0.1, 0.15) is 11.7 Å². The number of fused-ring (bicyclic) bond motifs is 1. The lowest BCUT2D eigenvalue weighted by Gasteiger charge is -2.29. The molecule has 2 atom stereocenters. The van der Waals surface area contributed by atoms with E-state index in [0.717, 1.165) is 37.3 Å². The second-order valence-corrected chi connectivity index (χ2v) is 9.94. The van der Waals surface area contributed by atoms with Gasteiger partial charge in [0, 0.05) is 25.2 Å². The van der Waals surface area contributed by atoms with Gasteiger partial charge in [-0.1, -0.05) is 17.7 Å². The first-order valence-electron chi connectivity index (χ1n) is 10.2. The number of thiophene rings is 1. The first-order valence-corrected chi connectivity index (χ1v) is 11.4. The molecule has 0 spiro atoms. The van der Waals surface area contributed by atoms with Crippen LogP contribution in [0.5, 0.6) is 0 Å². The van der Waals surface area contributed by atoms with Gasteiger partial charge in [0.15, 0.2) is 0 Å². The second-order valence-electron chi connectivity index (χ2n) is 8.22. The van der Waals surface area contributed by atoms with Gasteiger partial charge in [-0.25, -0.2) is 4.39 Å². The summed E-state index contributed by atoms with van der Waals surface area (Å²) in [6.07, 6.45) is 1.26. The van der Waals surface area contributed by atoms with Gasteiger partial charge in [0.05, 0.1) is 9.21 Å². The summed E-state index contributed by atoms with van der Waals surface area (Å²) in [7, 11) is 2.11. The van der Waals surface area contributed by atoms with Crippen LogP contribution in [-0.2, 0) is 17.6 Å². The number of carbonyl (C=O) groups is 2. The number of carbonyl (C=O) groups excluding carboxylic acids is 2. The molecule has 0 bridgehead atoms. The van der Waals surface area contributed by atoms with Crippen molar-refractivity contribution in [3.8, 4) is 0 Å². The molecular weight excluding hydrogens is 425 g/mol. The number of nitrogens with one attached hydrogen (secondary N) is 2. The van der Waals surface area contributed by atoms with Crippen LogP contribution in [0.2, 0.25) is 4.34 Å². The van der Waals surface area contributed by atoms with Crippen LogP contribution in [0, 0.1) is 0 Å². The molecule has 1 aliphatic carbocycles. The Kier molecular flexibility index (Phi) is 6.14. The Morgan fingerprint density at radius 3 is 2.63 bits per heavy atom. The van der Waals surface area contributed by atoms with Crippen LogP contribution in [-0.4, -0.2) is 48.6 Å². The summed E-state index contributed by atoms with van der Waals surface area (Å²) in [6.45, 7) is 1.98. The number of rotatable bonds is 4. The fourth-order valence-electron chi connectivity index (χ4n) is 4.24. The van der Waals surface area contributed by atoms with E-state index in [9.17, 15) is 14.0 Å². The lowest BCUT2D eigenvalue weighted by atomic mass is 9.95. The lowest BCUT2D eigenvalue weighted by molar-refractivity contribution is -0.122. The molecule has 8 heteroatoms. The van der Waals surface area contributed by atoms with E-state index in [1.165, 1.54) is 11.1 Å². The minimum atomic E-state index is -1.26. The predicted octanol–water partition coefficient (Wildman–Crippen LogP) is 4.06. The van der Waals surface area contributed by atoms with Gasteiger partial charge in [0.25, 0.3) is 5.91 Å². The molecule has 0 saturated heterocycles. The molecule has 2 N–H and O–H groups in total. The van der Waals surface area contributed by atoms with Crippen LogP contribution in [0.4, 0.5) is 10.1 Å². The highest BCUT2D eigenvalue weighted by Gasteiger charge is 2.47. The zero-order valence-electron chi connectivity index (χ0n) is 16.8. The molecule has 1 aromatic heterocycles. The zero-order valence-corrected chi connectivity index (χ0v) is 18.4. The summed E-state index contributed by atoms with van der Waals surface area (Å²) in [6, 6.07) is 9.18. The summed E-state index contributed by atoms with van der Waals surface area (Å²) in [5, 5.41) is 5.74. The normalized spacial score (nSPS) is 24.2. The van der Waals surface area contributed by atoms with E-state index < -0.39 is 17.6 Å². The van der Waals surface area contributed by atoms with Crippen molar-refractivity contribution in [2.75, 3.05) is 25.5 Å². The smallest absolute Gasteiger partial charge is 0.262 e. The van der Waals surface area contributed by atoms with Gasteiger partial charge in [-0.15, -0.1) is 11.3 Å². The molecule has 5 nitrogen and oxygen atoms in total. The number of hydrogen-bond donors (Lipinski definition) is 2. The van der Waals surface area contributed by atoms with Gasteiger partial charge in [0.2, 0.25) is 5.91 Å². The lowest BCUT2D eigenvalue weighted by Crippen LogP contribution is -2.55. The van der Waals surface area contributed by atoms with Gasteiger partial charge in [-0.3, -0.25) is 9.59 Å². The maximum atomic E-state index is 14.1. The van der Waals surface area contributed by atoms with Crippen LogP contribution in [0.25, 0.3) is 0 Å². The van der Waals surface area contributed by atoms with E-state index in [1.54, 1.807) is 12.1 Å². The third-order valence-corrected chi connectivity index (χ3v) is 7.26. The Labute approximate surface area is 184 Å². The molecule has 2 unspecified atom stereocenters. The maximum Gasteiger partial charge on any atom is 0.262 e. The first-order chi connectivity index (χ1) is 14.3. The van der Waals surface area contributed by atoms with Crippen molar-refractivity contribution in [1.29, 1.82) is 0 Å². The predicted molar refractivity (Wildman–Crippen MR) is 118 cm³/mol. The summed E-state index contributed by atoms with van der Waals surface area (Å²) in [5.41, 5.74) is 1.93. The molecule has 2 heterocycles. The van der Waals surface area contributed by atoms with Crippen LogP contribution < -0.4 is 10.6 Å². The number of hydrogen-bond acceptors (Lipinski definition) is 4. The van der Waals surface area contributed by atoms with Crippen LogP contribution in [0.15, 0.2) is 30.3 Å². The molecule has 2 aliphatic rings. The third-order valence-electron chi connectivity index (χ3n) is 6.03. The number of amides is 2. The Hall–Kier alpha value is -1.96. The Bertz CT molecular complexity index is 966. The molecule has 1 aliphatic heterocycles. The molecule has 1 saturated carbocycles. The monoisotopic (exact) mass is 449 g/mol. The van der Waals surface area contributed by atoms with E-state index in [0.29, 0.717) is 14.9 Å². The van der Waals surface area contributed by atoms with Gasteiger partial charge >= 0.3 is 0 Å². The fourth-order valence-corrected chi connectivity index (χ4v) is 5.18. The van der Waals surface area contributed by atoms with E-state index in [-0.39, 0.29) is 25.2 Å². The number of anilines is 1. The summed E-state index contributed by atoms with van der Waals surface area (Å²) in [4.78, 5) is 28.6. The Morgan fingerprint density at radius 2 is 1.97 bits per heavy atom. The van der Waals surface area contributed by atoms with E-state index >= 15 is 0 Å². The summed E-state index contributed by atoms with van der Waals surface area (Å²) >= 11 is 7.06. The Morgan fingerprint density at radius 1 is 1.20 bits per heavy atom. The molecule has 2 amide bonds. The number of halogens is 2. The van der Waals surface area contributed by atoms with Crippen molar-refractivity contribution in [1.82, 2.24) is 10.2 Å². The summed E-state index contributed by atoms with van der Waals surface area (Å²) < 4.78 is 14.6. The van der Waals surface area contributed by atoms with Crippen molar-refractivity contribution < 1.29 is 14.0 Å². The van der Waals surface area contributed by atoms with Crippen molar-refractivity contribution in [3.05, 3.63) is 50.7 Å². The molecule has 4 rings (SSSR count). The van der Waals surface area contributed by atoms with Crippen molar-refractivity contribution in [2.24, 2.45) is 0 Å².